The Hall–Kier alpha value is -2.52. The van der Waals surface area contributed by atoms with Gasteiger partial charge in [0.2, 0.25) is 21.8 Å². The van der Waals surface area contributed by atoms with Gasteiger partial charge in [0.25, 0.3) is 0 Å². The standard InChI is InChI=1S/C19H22FN3O4S/c1-13(23-28(25,26)17-5-3-2-4-16(17)20)19(24)22-11-15-8-9-18(21-10-15)27-12-14-6-7-14/h2-5,8-10,13-14,23H,6-7,11-12H2,1H3,(H,22,24)/t13-/m0/s1. The fourth-order valence-electron chi connectivity index (χ4n) is 2.44. The minimum absolute atomic E-state index is 0.181. The third kappa shape index (κ3) is 5.49. The van der Waals surface area contributed by atoms with Crippen molar-refractivity contribution < 1.29 is 22.3 Å². The van der Waals surface area contributed by atoms with Gasteiger partial charge in [0.15, 0.2) is 0 Å². The number of amides is 1. The minimum atomic E-state index is -4.15. The summed E-state index contributed by atoms with van der Waals surface area (Å²) in [5.74, 6) is -0.241. The van der Waals surface area contributed by atoms with Crippen LogP contribution in [0.25, 0.3) is 0 Å². The highest BCUT2D eigenvalue weighted by atomic mass is 32.2. The highest BCUT2D eigenvalue weighted by Crippen LogP contribution is 2.29. The highest BCUT2D eigenvalue weighted by molar-refractivity contribution is 7.89. The van der Waals surface area contributed by atoms with Gasteiger partial charge in [-0.3, -0.25) is 4.79 Å². The lowest BCUT2D eigenvalue weighted by atomic mass is 10.2. The predicted octanol–water partition coefficient (Wildman–Crippen LogP) is 1.99. The molecule has 0 bridgehead atoms. The Balaban J connectivity index is 1.50. The van der Waals surface area contributed by atoms with Gasteiger partial charge in [-0.15, -0.1) is 0 Å². The smallest absolute Gasteiger partial charge is 0.244 e. The van der Waals surface area contributed by atoms with Crippen LogP contribution in [-0.4, -0.2) is 32.0 Å². The molecule has 28 heavy (non-hydrogen) atoms. The number of pyridine rings is 1. The van der Waals surface area contributed by atoms with E-state index in [-0.39, 0.29) is 6.54 Å². The van der Waals surface area contributed by atoms with Gasteiger partial charge in [-0.2, -0.15) is 4.72 Å². The molecule has 0 radical (unpaired) electrons. The van der Waals surface area contributed by atoms with Crippen LogP contribution < -0.4 is 14.8 Å². The number of benzene rings is 1. The molecular formula is C19H22FN3O4S. The maximum atomic E-state index is 13.7. The normalized spacial score (nSPS) is 15.1. The van der Waals surface area contributed by atoms with E-state index in [2.05, 4.69) is 15.0 Å². The highest BCUT2D eigenvalue weighted by Gasteiger charge is 2.24. The van der Waals surface area contributed by atoms with Crippen LogP contribution in [0.1, 0.15) is 25.3 Å². The lowest BCUT2D eigenvalue weighted by Crippen LogP contribution is -2.44. The van der Waals surface area contributed by atoms with Crippen molar-refractivity contribution in [3.05, 3.63) is 54.0 Å². The Morgan fingerprint density at radius 3 is 2.68 bits per heavy atom. The second-order valence-electron chi connectivity index (χ2n) is 6.75. The third-order valence-corrected chi connectivity index (χ3v) is 5.85. The molecule has 1 atom stereocenters. The van der Waals surface area contributed by atoms with Gasteiger partial charge in [0.1, 0.15) is 10.7 Å². The lowest BCUT2D eigenvalue weighted by molar-refractivity contribution is -0.122. The van der Waals surface area contributed by atoms with Gasteiger partial charge in [0, 0.05) is 18.8 Å². The van der Waals surface area contributed by atoms with Crippen LogP contribution in [0.15, 0.2) is 47.5 Å². The van der Waals surface area contributed by atoms with E-state index in [1.807, 2.05) is 0 Å². The molecule has 1 aliphatic carbocycles. The van der Waals surface area contributed by atoms with E-state index in [1.165, 1.54) is 31.9 Å². The lowest BCUT2D eigenvalue weighted by Gasteiger charge is -2.15. The molecule has 3 rings (SSSR count). The first kappa shape index (κ1) is 20.2. The number of sulfonamides is 1. The van der Waals surface area contributed by atoms with Gasteiger partial charge in [0.05, 0.1) is 12.6 Å². The number of carbonyl (C=O) groups is 1. The van der Waals surface area contributed by atoms with Crippen molar-refractivity contribution >= 4 is 15.9 Å². The van der Waals surface area contributed by atoms with E-state index in [0.29, 0.717) is 18.4 Å². The molecule has 9 heteroatoms. The molecule has 1 fully saturated rings. The number of aromatic nitrogens is 1. The SMILES string of the molecule is C[C@H](NS(=O)(=O)c1ccccc1F)C(=O)NCc1ccc(OCC2CC2)nc1. The van der Waals surface area contributed by atoms with Crippen molar-refractivity contribution in [1.82, 2.24) is 15.0 Å². The van der Waals surface area contributed by atoms with Crippen LogP contribution in [0, 0.1) is 11.7 Å². The molecule has 1 aromatic heterocycles. The minimum Gasteiger partial charge on any atom is -0.477 e. The Morgan fingerprint density at radius 2 is 2.04 bits per heavy atom. The van der Waals surface area contributed by atoms with Crippen LogP contribution in [0.5, 0.6) is 5.88 Å². The summed E-state index contributed by atoms with van der Waals surface area (Å²) in [6.45, 7) is 2.24. The van der Waals surface area contributed by atoms with Gasteiger partial charge in [-0.1, -0.05) is 18.2 Å². The summed E-state index contributed by atoms with van der Waals surface area (Å²) in [4.78, 5) is 15.9. The van der Waals surface area contributed by atoms with Crippen LogP contribution in [0.3, 0.4) is 0 Å². The topological polar surface area (TPSA) is 97.4 Å². The zero-order chi connectivity index (χ0) is 20.1. The molecule has 1 amide bonds. The van der Waals surface area contributed by atoms with E-state index in [1.54, 1.807) is 18.3 Å². The summed E-state index contributed by atoms with van der Waals surface area (Å²) in [6, 6.07) is 7.43. The Labute approximate surface area is 163 Å². The third-order valence-electron chi connectivity index (χ3n) is 4.28. The fourth-order valence-corrected chi connectivity index (χ4v) is 3.73. The maximum Gasteiger partial charge on any atom is 0.244 e. The van der Waals surface area contributed by atoms with Gasteiger partial charge in [-0.05, 0) is 43.4 Å². The second-order valence-corrected chi connectivity index (χ2v) is 8.43. The fraction of sp³-hybridized carbons (Fsp3) is 0.368. The first-order valence-corrected chi connectivity index (χ1v) is 10.5. The number of nitrogens with zero attached hydrogens (tertiary/aromatic N) is 1. The largest absolute Gasteiger partial charge is 0.477 e. The molecule has 0 unspecified atom stereocenters. The summed E-state index contributed by atoms with van der Waals surface area (Å²) >= 11 is 0. The first-order chi connectivity index (χ1) is 13.3. The van der Waals surface area contributed by atoms with Crippen LogP contribution in [0.2, 0.25) is 0 Å². The van der Waals surface area contributed by atoms with Gasteiger partial charge in [-0.25, -0.2) is 17.8 Å². The molecular weight excluding hydrogens is 385 g/mol. The molecule has 1 heterocycles. The van der Waals surface area contributed by atoms with Crippen LogP contribution in [0.4, 0.5) is 4.39 Å². The van der Waals surface area contributed by atoms with E-state index in [9.17, 15) is 17.6 Å². The average Bonchev–Trinajstić information content (AvgIpc) is 3.49. The Morgan fingerprint density at radius 1 is 1.29 bits per heavy atom. The quantitative estimate of drug-likeness (QED) is 0.663. The zero-order valence-electron chi connectivity index (χ0n) is 15.4. The number of rotatable bonds is 9. The molecule has 0 saturated heterocycles. The molecule has 0 spiro atoms. The predicted molar refractivity (Wildman–Crippen MR) is 100 cm³/mol. The number of carbonyl (C=O) groups excluding carboxylic acids is 1. The van der Waals surface area contributed by atoms with E-state index in [0.717, 1.165) is 17.7 Å². The number of halogens is 1. The second kappa shape index (κ2) is 8.66. The van der Waals surface area contributed by atoms with Crippen molar-refractivity contribution in [2.45, 2.75) is 37.2 Å². The molecule has 0 aliphatic heterocycles. The molecule has 150 valence electrons. The van der Waals surface area contributed by atoms with E-state index >= 15 is 0 Å². The van der Waals surface area contributed by atoms with Crippen molar-refractivity contribution in [2.75, 3.05) is 6.61 Å². The number of nitrogens with one attached hydrogen (secondary N) is 2. The van der Waals surface area contributed by atoms with Crippen LogP contribution >= 0.6 is 0 Å². The van der Waals surface area contributed by atoms with Crippen molar-refractivity contribution in [2.24, 2.45) is 5.92 Å². The van der Waals surface area contributed by atoms with E-state index < -0.39 is 32.7 Å². The summed E-state index contributed by atoms with van der Waals surface area (Å²) < 4.78 is 45.9. The van der Waals surface area contributed by atoms with Crippen molar-refractivity contribution in [3.63, 3.8) is 0 Å². The number of hydrogen-bond donors (Lipinski definition) is 2. The summed E-state index contributed by atoms with van der Waals surface area (Å²) in [6.07, 6.45) is 3.99. The maximum absolute atomic E-state index is 13.7. The Kier molecular flexibility index (Phi) is 6.25. The molecule has 1 saturated carbocycles. The first-order valence-electron chi connectivity index (χ1n) is 8.97. The zero-order valence-corrected chi connectivity index (χ0v) is 16.2. The molecule has 7 nitrogen and oxygen atoms in total. The molecule has 1 aliphatic rings. The van der Waals surface area contributed by atoms with Gasteiger partial charge >= 0.3 is 0 Å². The molecule has 2 N–H and O–H groups in total. The van der Waals surface area contributed by atoms with Crippen molar-refractivity contribution in [1.29, 1.82) is 0 Å². The van der Waals surface area contributed by atoms with Gasteiger partial charge < -0.3 is 10.1 Å². The number of ether oxygens (including phenoxy) is 1. The van der Waals surface area contributed by atoms with Crippen LogP contribution in [-0.2, 0) is 21.4 Å². The van der Waals surface area contributed by atoms with Crippen molar-refractivity contribution in [3.8, 4) is 5.88 Å². The monoisotopic (exact) mass is 407 g/mol. The number of hydrogen-bond acceptors (Lipinski definition) is 5. The summed E-state index contributed by atoms with van der Waals surface area (Å²) in [5.41, 5.74) is 0.747. The average molecular weight is 407 g/mol. The molecule has 1 aromatic carbocycles. The summed E-state index contributed by atoms with van der Waals surface area (Å²) in [5, 5.41) is 2.63. The molecule has 2 aromatic rings. The summed E-state index contributed by atoms with van der Waals surface area (Å²) in [7, 11) is -4.15. The van der Waals surface area contributed by atoms with E-state index in [4.69, 9.17) is 4.74 Å². The Bertz CT molecular complexity index is 930.